The van der Waals surface area contributed by atoms with Crippen LogP contribution in [-0.2, 0) is 24.2 Å². The van der Waals surface area contributed by atoms with E-state index in [4.69, 9.17) is 4.42 Å². The molecule has 1 aliphatic rings. The van der Waals surface area contributed by atoms with Gasteiger partial charge in [0.1, 0.15) is 0 Å². The van der Waals surface area contributed by atoms with Crippen molar-refractivity contribution in [2.24, 2.45) is 5.92 Å². The monoisotopic (exact) mass is 261 g/mol. The van der Waals surface area contributed by atoms with Crippen LogP contribution in [0.1, 0.15) is 29.6 Å². The minimum absolute atomic E-state index is 0.0167. The van der Waals surface area contributed by atoms with Gasteiger partial charge in [0.15, 0.2) is 0 Å². The quantitative estimate of drug-likeness (QED) is 0.839. The molecule has 2 aromatic rings. The van der Waals surface area contributed by atoms with Crippen molar-refractivity contribution >= 4 is 5.91 Å². The van der Waals surface area contributed by atoms with E-state index in [0.29, 0.717) is 18.2 Å². The van der Waals surface area contributed by atoms with Crippen LogP contribution in [0.3, 0.4) is 0 Å². The van der Waals surface area contributed by atoms with Crippen molar-refractivity contribution in [2.45, 2.75) is 32.7 Å². The number of aromatic nitrogens is 4. The van der Waals surface area contributed by atoms with Crippen molar-refractivity contribution in [1.29, 1.82) is 0 Å². The summed E-state index contributed by atoms with van der Waals surface area (Å²) in [6.07, 6.45) is 4.07. The number of amides is 1. The molecular weight excluding hydrogens is 246 g/mol. The highest BCUT2D eigenvalue weighted by Crippen LogP contribution is 2.22. The van der Waals surface area contributed by atoms with Crippen LogP contribution in [0.15, 0.2) is 10.7 Å². The SMILES string of the molecule is Cc1nnc(CNC(=O)[C@H]2CCc3nc[nH]c3C2)o1. The van der Waals surface area contributed by atoms with Gasteiger partial charge in [0.2, 0.25) is 17.7 Å². The maximum Gasteiger partial charge on any atom is 0.235 e. The maximum absolute atomic E-state index is 12.1. The molecule has 0 aliphatic heterocycles. The van der Waals surface area contributed by atoms with Crippen LogP contribution in [0.5, 0.6) is 0 Å². The molecule has 19 heavy (non-hydrogen) atoms. The van der Waals surface area contributed by atoms with Gasteiger partial charge in [0, 0.05) is 25.0 Å². The van der Waals surface area contributed by atoms with Crippen molar-refractivity contribution < 1.29 is 9.21 Å². The van der Waals surface area contributed by atoms with E-state index in [1.807, 2.05) is 0 Å². The molecule has 0 saturated heterocycles. The van der Waals surface area contributed by atoms with Crippen LogP contribution in [0.25, 0.3) is 0 Å². The Bertz CT molecular complexity index is 588. The van der Waals surface area contributed by atoms with Crippen molar-refractivity contribution in [3.05, 3.63) is 29.5 Å². The second kappa shape index (κ2) is 4.83. The number of aromatic amines is 1. The number of nitrogens with zero attached hydrogens (tertiary/aromatic N) is 3. The van der Waals surface area contributed by atoms with E-state index in [0.717, 1.165) is 24.2 Å². The van der Waals surface area contributed by atoms with Crippen molar-refractivity contribution in [3.8, 4) is 0 Å². The zero-order valence-electron chi connectivity index (χ0n) is 10.6. The fraction of sp³-hybridized carbons (Fsp3) is 0.500. The van der Waals surface area contributed by atoms with Crippen LogP contribution in [-0.4, -0.2) is 26.1 Å². The Balaban J connectivity index is 1.57. The number of aryl methyl sites for hydroxylation is 2. The second-order valence-corrected chi connectivity index (χ2v) is 4.70. The van der Waals surface area contributed by atoms with Crippen LogP contribution in [0.4, 0.5) is 0 Å². The summed E-state index contributed by atoms with van der Waals surface area (Å²) in [5.41, 5.74) is 2.15. The molecule has 0 radical (unpaired) electrons. The van der Waals surface area contributed by atoms with Gasteiger partial charge in [0.25, 0.3) is 0 Å². The topological polar surface area (TPSA) is 96.7 Å². The molecule has 2 aromatic heterocycles. The number of imidazole rings is 1. The Hall–Kier alpha value is -2.18. The van der Waals surface area contributed by atoms with Crippen LogP contribution in [0, 0.1) is 12.8 Å². The lowest BCUT2D eigenvalue weighted by Gasteiger charge is -2.20. The minimum atomic E-state index is -0.0167. The van der Waals surface area contributed by atoms with Crippen molar-refractivity contribution in [1.82, 2.24) is 25.5 Å². The lowest BCUT2D eigenvalue weighted by atomic mass is 9.89. The highest BCUT2D eigenvalue weighted by atomic mass is 16.4. The summed E-state index contributed by atoms with van der Waals surface area (Å²) in [5, 5.41) is 10.4. The molecule has 0 saturated carbocycles. The van der Waals surface area contributed by atoms with E-state index in [1.165, 1.54) is 0 Å². The van der Waals surface area contributed by atoms with Gasteiger partial charge >= 0.3 is 0 Å². The van der Waals surface area contributed by atoms with E-state index in [1.54, 1.807) is 13.3 Å². The summed E-state index contributed by atoms with van der Waals surface area (Å²) < 4.78 is 5.21. The van der Waals surface area contributed by atoms with Gasteiger partial charge in [-0.2, -0.15) is 0 Å². The molecule has 0 fully saturated rings. The third-order valence-corrected chi connectivity index (χ3v) is 3.34. The standard InChI is InChI=1S/C12H15N5O2/c1-7-16-17-11(19-7)5-13-12(18)8-2-3-9-10(4-8)15-6-14-9/h6,8H,2-5H2,1H3,(H,13,18)(H,14,15)/t8-/m0/s1. The normalized spacial score (nSPS) is 18.1. The summed E-state index contributed by atoms with van der Waals surface area (Å²) in [6.45, 7) is 2.01. The largest absolute Gasteiger partial charge is 0.424 e. The first-order chi connectivity index (χ1) is 9.22. The van der Waals surface area contributed by atoms with Crippen molar-refractivity contribution in [3.63, 3.8) is 0 Å². The smallest absolute Gasteiger partial charge is 0.235 e. The molecule has 100 valence electrons. The summed E-state index contributed by atoms with van der Waals surface area (Å²) in [6, 6.07) is 0. The third kappa shape index (κ3) is 2.49. The van der Waals surface area contributed by atoms with Crippen LogP contribution in [0.2, 0.25) is 0 Å². The minimum Gasteiger partial charge on any atom is -0.424 e. The van der Waals surface area contributed by atoms with E-state index in [2.05, 4.69) is 25.5 Å². The number of fused-ring (bicyclic) bond motifs is 1. The molecule has 0 bridgehead atoms. The highest BCUT2D eigenvalue weighted by Gasteiger charge is 2.26. The van der Waals surface area contributed by atoms with Gasteiger partial charge in [-0.05, 0) is 12.8 Å². The molecule has 0 spiro atoms. The van der Waals surface area contributed by atoms with E-state index in [-0.39, 0.29) is 18.4 Å². The van der Waals surface area contributed by atoms with Gasteiger partial charge in [0.05, 0.1) is 18.6 Å². The second-order valence-electron chi connectivity index (χ2n) is 4.70. The fourth-order valence-electron chi connectivity index (χ4n) is 2.34. The number of carbonyl (C=O) groups is 1. The van der Waals surface area contributed by atoms with Gasteiger partial charge in [-0.25, -0.2) is 4.98 Å². The molecule has 1 aliphatic carbocycles. The Kier molecular flexibility index (Phi) is 3.02. The number of carbonyl (C=O) groups excluding carboxylic acids is 1. The first-order valence-electron chi connectivity index (χ1n) is 6.30. The summed E-state index contributed by atoms with van der Waals surface area (Å²) in [5.74, 6) is 0.945. The average Bonchev–Trinajstić information content (AvgIpc) is 3.03. The highest BCUT2D eigenvalue weighted by molar-refractivity contribution is 5.79. The fourth-order valence-corrected chi connectivity index (χ4v) is 2.34. The lowest BCUT2D eigenvalue weighted by Crippen LogP contribution is -2.33. The third-order valence-electron chi connectivity index (χ3n) is 3.34. The summed E-state index contributed by atoms with van der Waals surface area (Å²) >= 11 is 0. The van der Waals surface area contributed by atoms with Crippen LogP contribution < -0.4 is 5.32 Å². The number of H-pyrrole nitrogens is 1. The van der Waals surface area contributed by atoms with Gasteiger partial charge in [-0.1, -0.05) is 0 Å². The molecule has 3 rings (SSSR count). The van der Waals surface area contributed by atoms with Crippen molar-refractivity contribution in [2.75, 3.05) is 0 Å². The number of rotatable bonds is 3. The maximum atomic E-state index is 12.1. The Morgan fingerprint density at radius 1 is 1.58 bits per heavy atom. The number of hydrogen-bond donors (Lipinski definition) is 2. The van der Waals surface area contributed by atoms with Gasteiger partial charge in [-0.3, -0.25) is 4.79 Å². The Morgan fingerprint density at radius 3 is 3.26 bits per heavy atom. The zero-order valence-corrected chi connectivity index (χ0v) is 10.6. The predicted molar refractivity (Wildman–Crippen MR) is 65.0 cm³/mol. The summed E-state index contributed by atoms with van der Waals surface area (Å²) in [4.78, 5) is 19.4. The molecule has 1 atom stereocenters. The number of hydrogen-bond acceptors (Lipinski definition) is 5. The summed E-state index contributed by atoms with van der Waals surface area (Å²) in [7, 11) is 0. The van der Waals surface area contributed by atoms with E-state index >= 15 is 0 Å². The molecule has 7 nitrogen and oxygen atoms in total. The van der Waals surface area contributed by atoms with Gasteiger partial charge < -0.3 is 14.7 Å². The predicted octanol–water partition coefficient (Wildman–Crippen LogP) is 0.522. The van der Waals surface area contributed by atoms with E-state index in [9.17, 15) is 4.79 Å². The number of nitrogens with one attached hydrogen (secondary N) is 2. The molecule has 7 heteroatoms. The molecule has 2 heterocycles. The Morgan fingerprint density at radius 2 is 2.47 bits per heavy atom. The first kappa shape index (κ1) is 11.9. The first-order valence-corrected chi connectivity index (χ1v) is 6.30. The molecule has 1 amide bonds. The zero-order chi connectivity index (χ0) is 13.2. The lowest BCUT2D eigenvalue weighted by molar-refractivity contribution is -0.125. The van der Waals surface area contributed by atoms with Crippen LogP contribution >= 0.6 is 0 Å². The molecular formula is C12H15N5O2. The Labute approximate surface area is 109 Å². The average molecular weight is 261 g/mol. The molecule has 0 unspecified atom stereocenters. The van der Waals surface area contributed by atoms with Gasteiger partial charge in [-0.15, -0.1) is 10.2 Å². The van der Waals surface area contributed by atoms with E-state index < -0.39 is 0 Å². The molecule has 2 N–H and O–H groups in total. The molecule has 0 aromatic carbocycles.